The lowest BCUT2D eigenvalue weighted by Gasteiger charge is -2.39. The summed E-state index contributed by atoms with van der Waals surface area (Å²) in [5.74, 6) is 1.49. The first kappa shape index (κ1) is 21.9. The molecule has 172 valence electrons. The van der Waals surface area contributed by atoms with Gasteiger partial charge in [-0.15, -0.1) is 0 Å². The summed E-state index contributed by atoms with van der Waals surface area (Å²) < 4.78 is 31.7. The van der Waals surface area contributed by atoms with Gasteiger partial charge in [0.25, 0.3) is 0 Å². The lowest BCUT2D eigenvalue weighted by atomic mass is 9.80. The van der Waals surface area contributed by atoms with E-state index in [1.54, 1.807) is 32.2 Å². The summed E-state index contributed by atoms with van der Waals surface area (Å²) in [5, 5.41) is 9.30. The van der Waals surface area contributed by atoms with Crippen molar-refractivity contribution in [3.63, 3.8) is 0 Å². The highest BCUT2D eigenvalue weighted by Crippen LogP contribution is 2.51. The quantitative estimate of drug-likeness (QED) is 0.615. The van der Waals surface area contributed by atoms with Gasteiger partial charge in [0, 0.05) is 17.2 Å². The first-order valence-electron chi connectivity index (χ1n) is 10.8. The molecule has 34 heavy (non-hydrogen) atoms. The van der Waals surface area contributed by atoms with Crippen molar-refractivity contribution in [1.29, 1.82) is 5.26 Å². The maximum Gasteiger partial charge on any atom is 0.213 e. The number of nitrogens with zero attached hydrogens (tertiary/aromatic N) is 3. The van der Waals surface area contributed by atoms with Crippen molar-refractivity contribution in [3.8, 4) is 34.6 Å². The molecule has 1 atom stereocenters. The van der Waals surface area contributed by atoms with Crippen molar-refractivity contribution in [3.05, 3.63) is 71.7 Å². The highest BCUT2D eigenvalue weighted by atomic mass is 19.1. The molecular weight excluding hydrogens is 435 g/mol. The van der Waals surface area contributed by atoms with Crippen LogP contribution in [-0.4, -0.2) is 30.6 Å². The first-order chi connectivity index (χ1) is 16.3. The Labute approximate surface area is 196 Å². The third-order valence-corrected chi connectivity index (χ3v) is 5.87. The van der Waals surface area contributed by atoms with Crippen LogP contribution in [0.2, 0.25) is 0 Å². The lowest BCUT2D eigenvalue weighted by molar-refractivity contribution is 0.109. The van der Waals surface area contributed by atoms with E-state index < -0.39 is 11.0 Å². The highest BCUT2D eigenvalue weighted by Gasteiger charge is 2.45. The van der Waals surface area contributed by atoms with Crippen LogP contribution in [0.3, 0.4) is 0 Å². The maximum absolute atomic E-state index is 13.9. The van der Waals surface area contributed by atoms with Gasteiger partial charge in [0.2, 0.25) is 5.88 Å². The van der Waals surface area contributed by atoms with Crippen molar-refractivity contribution in [2.45, 2.75) is 19.4 Å². The summed E-state index contributed by atoms with van der Waals surface area (Å²) in [5.41, 5.74) is 7.47. The Morgan fingerprint density at radius 2 is 1.94 bits per heavy atom. The van der Waals surface area contributed by atoms with Crippen molar-refractivity contribution in [1.82, 2.24) is 4.98 Å². The Morgan fingerprint density at radius 1 is 1.15 bits per heavy atom. The molecule has 3 aromatic rings. The standard InChI is InChI=1S/C26H23FN4O3/c1-25(2,13-28)14-33-24-10-20-22(11-30-24)34-21-7-6-17(16-4-3-5-18(27)8-16)9-19(21)26(20)15-32-12-23(29)31-26/h3-11H,12,14-15H2,1-2H3,(H2,29,31). The van der Waals surface area contributed by atoms with E-state index in [-0.39, 0.29) is 25.6 Å². The molecule has 0 aliphatic carbocycles. The first-order valence-corrected chi connectivity index (χ1v) is 10.8. The number of hydrogen-bond acceptors (Lipinski definition) is 7. The molecule has 0 fully saturated rings. The monoisotopic (exact) mass is 458 g/mol. The zero-order valence-corrected chi connectivity index (χ0v) is 18.8. The van der Waals surface area contributed by atoms with Gasteiger partial charge in [0.1, 0.15) is 36.2 Å². The van der Waals surface area contributed by atoms with Gasteiger partial charge in [-0.05, 0) is 49.2 Å². The number of nitrogens with two attached hydrogens (primary N) is 1. The SMILES string of the molecule is CC(C)(C#N)COc1cc2c(cn1)Oc1ccc(-c3cccc(F)c3)cc1C21COCC(N)=N1. The van der Waals surface area contributed by atoms with E-state index in [0.29, 0.717) is 28.8 Å². The molecule has 2 aliphatic rings. The van der Waals surface area contributed by atoms with E-state index in [0.717, 1.165) is 16.7 Å². The molecule has 0 saturated carbocycles. The summed E-state index contributed by atoms with van der Waals surface area (Å²) in [6, 6.07) is 16.0. The molecular formula is C26H23FN4O3. The molecule has 2 aliphatic heterocycles. The number of aliphatic imine (C=N–C) groups is 1. The number of fused-ring (bicyclic) bond motifs is 4. The maximum atomic E-state index is 13.9. The van der Waals surface area contributed by atoms with Crippen LogP contribution in [0.4, 0.5) is 4.39 Å². The molecule has 2 aromatic carbocycles. The van der Waals surface area contributed by atoms with Gasteiger partial charge in [-0.2, -0.15) is 5.26 Å². The third kappa shape index (κ3) is 3.84. The van der Waals surface area contributed by atoms with Crippen LogP contribution in [0.5, 0.6) is 17.4 Å². The molecule has 3 heterocycles. The van der Waals surface area contributed by atoms with E-state index in [2.05, 4.69) is 11.1 Å². The Bertz CT molecular complexity index is 1350. The zero-order chi connectivity index (χ0) is 23.9. The van der Waals surface area contributed by atoms with E-state index >= 15 is 0 Å². The van der Waals surface area contributed by atoms with Crippen molar-refractivity contribution < 1.29 is 18.6 Å². The smallest absolute Gasteiger partial charge is 0.213 e. The van der Waals surface area contributed by atoms with Crippen molar-refractivity contribution in [2.24, 2.45) is 16.1 Å². The van der Waals surface area contributed by atoms with E-state index in [4.69, 9.17) is 24.9 Å². The van der Waals surface area contributed by atoms with Gasteiger partial charge in [-0.25, -0.2) is 9.37 Å². The second-order valence-electron chi connectivity index (χ2n) is 9.08. The highest BCUT2D eigenvalue weighted by molar-refractivity contribution is 5.84. The molecule has 0 saturated heterocycles. The van der Waals surface area contributed by atoms with Gasteiger partial charge >= 0.3 is 0 Å². The molecule has 2 N–H and O–H groups in total. The predicted octanol–water partition coefficient (Wildman–Crippen LogP) is 4.55. The van der Waals surface area contributed by atoms with Gasteiger partial charge in [-0.3, -0.25) is 4.99 Å². The Kier molecular flexibility index (Phi) is 5.22. The molecule has 1 aromatic heterocycles. The minimum absolute atomic E-state index is 0.172. The Morgan fingerprint density at radius 3 is 2.71 bits per heavy atom. The summed E-state index contributed by atoms with van der Waals surface area (Å²) in [4.78, 5) is 9.21. The number of amidine groups is 1. The number of pyridine rings is 1. The molecule has 0 radical (unpaired) electrons. The van der Waals surface area contributed by atoms with Crippen molar-refractivity contribution in [2.75, 3.05) is 19.8 Å². The van der Waals surface area contributed by atoms with Crippen LogP contribution in [0.1, 0.15) is 25.0 Å². The number of rotatable bonds is 4. The van der Waals surface area contributed by atoms with E-state index in [1.807, 2.05) is 24.3 Å². The summed E-state index contributed by atoms with van der Waals surface area (Å²) in [6.45, 7) is 4.21. The number of hydrogen-bond donors (Lipinski definition) is 1. The van der Waals surface area contributed by atoms with Crippen LogP contribution < -0.4 is 15.2 Å². The number of halogens is 1. The summed E-state index contributed by atoms with van der Waals surface area (Å²) in [6.07, 6.45) is 1.58. The largest absolute Gasteiger partial charge is 0.476 e. The van der Waals surface area contributed by atoms with Gasteiger partial charge < -0.3 is 19.9 Å². The van der Waals surface area contributed by atoms with Crippen LogP contribution >= 0.6 is 0 Å². The van der Waals surface area contributed by atoms with E-state index in [1.165, 1.54) is 12.1 Å². The number of nitriles is 1. The predicted molar refractivity (Wildman–Crippen MR) is 124 cm³/mol. The molecule has 1 unspecified atom stereocenters. The summed E-state index contributed by atoms with van der Waals surface area (Å²) >= 11 is 0. The molecule has 8 heteroatoms. The second-order valence-corrected chi connectivity index (χ2v) is 9.08. The third-order valence-electron chi connectivity index (χ3n) is 5.87. The number of aromatic nitrogens is 1. The Balaban J connectivity index is 1.64. The number of ether oxygens (including phenoxy) is 3. The van der Waals surface area contributed by atoms with Crippen LogP contribution in [0.15, 0.2) is 59.7 Å². The minimum Gasteiger partial charge on any atom is -0.476 e. The van der Waals surface area contributed by atoms with Gasteiger partial charge in [0.05, 0.1) is 24.3 Å². The van der Waals surface area contributed by atoms with Gasteiger partial charge in [-0.1, -0.05) is 18.2 Å². The molecule has 0 bridgehead atoms. The zero-order valence-electron chi connectivity index (χ0n) is 18.8. The minimum atomic E-state index is -0.986. The fraction of sp³-hybridized carbons (Fsp3) is 0.269. The average Bonchev–Trinajstić information content (AvgIpc) is 2.83. The molecule has 0 amide bonds. The van der Waals surface area contributed by atoms with Crippen LogP contribution in [-0.2, 0) is 10.3 Å². The topological polar surface area (TPSA) is 103 Å². The normalized spacial score (nSPS) is 18.8. The van der Waals surface area contributed by atoms with Gasteiger partial charge in [0.15, 0.2) is 5.75 Å². The second kappa shape index (κ2) is 8.12. The van der Waals surface area contributed by atoms with Crippen molar-refractivity contribution >= 4 is 5.84 Å². The number of benzene rings is 2. The van der Waals surface area contributed by atoms with E-state index in [9.17, 15) is 9.65 Å². The Hall–Kier alpha value is -3.96. The molecule has 7 nitrogen and oxygen atoms in total. The molecule has 1 spiro atoms. The fourth-order valence-electron chi connectivity index (χ4n) is 4.14. The average molecular weight is 458 g/mol. The molecule has 5 rings (SSSR count). The van der Waals surface area contributed by atoms with Crippen LogP contribution in [0.25, 0.3) is 11.1 Å². The fourth-order valence-corrected chi connectivity index (χ4v) is 4.14. The lowest BCUT2D eigenvalue weighted by Crippen LogP contribution is -2.42. The van der Waals surface area contributed by atoms with Crippen LogP contribution in [0, 0.1) is 22.6 Å². The summed E-state index contributed by atoms with van der Waals surface area (Å²) in [7, 11) is 0.